The number of unbranched alkanes of at least 4 members (excludes halogenated alkanes) is 1. The number of nitrogens with one attached hydrogen (secondary N) is 2. The standard InChI is InChI=1S/C10H16ClN5/c1-2-3-6-12-9-14-8(11)15-10(16-9)13-7-4-5-7/h7H,2-6H2,1H3,(H2,12,13,14,15,16). The first kappa shape index (κ1) is 11.4. The summed E-state index contributed by atoms with van der Waals surface area (Å²) in [4.78, 5) is 12.3. The smallest absolute Gasteiger partial charge is 0.229 e. The number of halogens is 1. The van der Waals surface area contributed by atoms with Gasteiger partial charge in [0.25, 0.3) is 0 Å². The molecular formula is C10H16ClN5. The Morgan fingerprint density at radius 2 is 2.00 bits per heavy atom. The molecule has 0 unspecified atom stereocenters. The van der Waals surface area contributed by atoms with Crippen molar-refractivity contribution >= 4 is 23.5 Å². The van der Waals surface area contributed by atoms with Crippen LogP contribution in [0.2, 0.25) is 5.28 Å². The van der Waals surface area contributed by atoms with Gasteiger partial charge < -0.3 is 10.6 Å². The summed E-state index contributed by atoms with van der Waals surface area (Å²) in [6, 6.07) is 0.516. The van der Waals surface area contributed by atoms with E-state index in [4.69, 9.17) is 11.6 Å². The zero-order valence-corrected chi connectivity index (χ0v) is 10.1. The number of hydrogen-bond donors (Lipinski definition) is 2. The Hall–Kier alpha value is -1.10. The van der Waals surface area contributed by atoms with Crippen LogP contribution in [0.1, 0.15) is 32.6 Å². The summed E-state index contributed by atoms with van der Waals surface area (Å²) in [5, 5.41) is 6.57. The number of rotatable bonds is 6. The fourth-order valence-corrected chi connectivity index (χ4v) is 1.44. The highest BCUT2D eigenvalue weighted by atomic mass is 35.5. The molecule has 88 valence electrons. The van der Waals surface area contributed by atoms with Gasteiger partial charge in [0.1, 0.15) is 0 Å². The average molecular weight is 242 g/mol. The molecule has 1 aromatic heterocycles. The minimum atomic E-state index is 0.233. The first-order chi connectivity index (χ1) is 7.78. The van der Waals surface area contributed by atoms with Crippen LogP contribution in [-0.4, -0.2) is 27.5 Å². The summed E-state index contributed by atoms with van der Waals surface area (Å²) in [5.74, 6) is 1.12. The maximum absolute atomic E-state index is 5.82. The zero-order valence-electron chi connectivity index (χ0n) is 9.33. The van der Waals surface area contributed by atoms with E-state index in [1.807, 2.05) is 0 Å². The molecule has 0 spiro atoms. The van der Waals surface area contributed by atoms with Gasteiger partial charge in [-0.2, -0.15) is 15.0 Å². The molecule has 0 atom stereocenters. The van der Waals surface area contributed by atoms with Gasteiger partial charge in [0.2, 0.25) is 17.2 Å². The van der Waals surface area contributed by atoms with E-state index >= 15 is 0 Å². The van der Waals surface area contributed by atoms with Gasteiger partial charge in [-0.3, -0.25) is 0 Å². The van der Waals surface area contributed by atoms with Crippen LogP contribution >= 0.6 is 11.6 Å². The van der Waals surface area contributed by atoms with Crippen LogP contribution in [0.25, 0.3) is 0 Å². The second-order valence-corrected chi connectivity index (χ2v) is 4.29. The fourth-order valence-electron chi connectivity index (χ4n) is 1.28. The molecule has 0 aliphatic heterocycles. The van der Waals surface area contributed by atoms with E-state index in [1.54, 1.807) is 0 Å². The van der Waals surface area contributed by atoms with E-state index in [2.05, 4.69) is 32.5 Å². The van der Waals surface area contributed by atoms with Crippen LogP contribution in [0.4, 0.5) is 11.9 Å². The zero-order chi connectivity index (χ0) is 11.4. The number of anilines is 2. The molecule has 0 bridgehead atoms. The van der Waals surface area contributed by atoms with Crippen molar-refractivity contribution in [2.45, 2.75) is 38.6 Å². The van der Waals surface area contributed by atoms with Crippen LogP contribution < -0.4 is 10.6 Å². The Morgan fingerprint density at radius 1 is 1.25 bits per heavy atom. The second kappa shape index (κ2) is 5.30. The van der Waals surface area contributed by atoms with Gasteiger partial charge >= 0.3 is 0 Å². The van der Waals surface area contributed by atoms with Crippen molar-refractivity contribution in [2.24, 2.45) is 0 Å². The molecule has 1 fully saturated rings. The Balaban J connectivity index is 1.96. The highest BCUT2D eigenvalue weighted by molar-refractivity contribution is 6.28. The van der Waals surface area contributed by atoms with Crippen LogP contribution in [0.3, 0.4) is 0 Å². The molecular weight excluding hydrogens is 226 g/mol. The highest BCUT2D eigenvalue weighted by Crippen LogP contribution is 2.23. The maximum atomic E-state index is 5.82. The van der Waals surface area contributed by atoms with Gasteiger partial charge in [0.05, 0.1) is 0 Å². The molecule has 1 aromatic rings. The second-order valence-electron chi connectivity index (χ2n) is 3.95. The topological polar surface area (TPSA) is 62.7 Å². The molecule has 1 aliphatic carbocycles. The molecule has 0 radical (unpaired) electrons. The molecule has 1 heterocycles. The third-order valence-electron chi connectivity index (χ3n) is 2.33. The van der Waals surface area contributed by atoms with Crippen molar-refractivity contribution in [1.82, 2.24) is 15.0 Å². The lowest BCUT2D eigenvalue weighted by atomic mass is 10.3. The molecule has 1 aliphatic rings. The molecule has 1 saturated carbocycles. The fraction of sp³-hybridized carbons (Fsp3) is 0.700. The van der Waals surface area contributed by atoms with E-state index in [0.29, 0.717) is 17.9 Å². The lowest BCUT2D eigenvalue weighted by Gasteiger charge is -2.06. The van der Waals surface area contributed by atoms with Gasteiger partial charge in [0, 0.05) is 12.6 Å². The summed E-state index contributed by atoms with van der Waals surface area (Å²) in [7, 11) is 0. The monoisotopic (exact) mass is 241 g/mol. The van der Waals surface area contributed by atoms with Crippen molar-refractivity contribution in [3.05, 3.63) is 5.28 Å². The molecule has 2 rings (SSSR count). The number of aromatic nitrogens is 3. The predicted octanol–water partition coefficient (Wildman–Crippen LogP) is 2.31. The van der Waals surface area contributed by atoms with Gasteiger partial charge in [-0.1, -0.05) is 13.3 Å². The molecule has 0 amide bonds. The predicted molar refractivity (Wildman–Crippen MR) is 64.9 cm³/mol. The average Bonchev–Trinajstić information content (AvgIpc) is 3.01. The lowest BCUT2D eigenvalue weighted by molar-refractivity contribution is 0.824. The molecule has 0 aromatic carbocycles. The van der Waals surface area contributed by atoms with Crippen molar-refractivity contribution in [1.29, 1.82) is 0 Å². The van der Waals surface area contributed by atoms with E-state index in [9.17, 15) is 0 Å². The molecule has 6 heteroatoms. The van der Waals surface area contributed by atoms with Crippen molar-refractivity contribution in [3.63, 3.8) is 0 Å². The minimum Gasteiger partial charge on any atom is -0.354 e. The summed E-state index contributed by atoms with van der Waals surface area (Å²) < 4.78 is 0. The van der Waals surface area contributed by atoms with Gasteiger partial charge in [-0.15, -0.1) is 0 Å². The van der Waals surface area contributed by atoms with E-state index in [1.165, 1.54) is 12.8 Å². The van der Waals surface area contributed by atoms with Gasteiger partial charge in [-0.05, 0) is 30.9 Å². The Morgan fingerprint density at radius 3 is 2.69 bits per heavy atom. The maximum Gasteiger partial charge on any atom is 0.229 e. The normalized spacial score (nSPS) is 14.9. The van der Waals surface area contributed by atoms with Gasteiger partial charge in [0.15, 0.2) is 0 Å². The third-order valence-corrected chi connectivity index (χ3v) is 2.50. The van der Waals surface area contributed by atoms with E-state index in [0.717, 1.165) is 19.4 Å². The third kappa shape index (κ3) is 3.48. The first-order valence-corrected chi connectivity index (χ1v) is 6.07. The Labute approximate surface area is 100 Å². The summed E-state index contributed by atoms with van der Waals surface area (Å²) in [6.07, 6.45) is 4.59. The van der Waals surface area contributed by atoms with Crippen LogP contribution in [-0.2, 0) is 0 Å². The molecule has 16 heavy (non-hydrogen) atoms. The molecule has 5 nitrogen and oxygen atoms in total. The van der Waals surface area contributed by atoms with Crippen LogP contribution in [0.5, 0.6) is 0 Å². The van der Waals surface area contributed by atoms with Crippen molar-refractivity contribution in [3.8, 4) is 0 Å². The van der Waals surface area contributed by atoms with Crippen molar-refractivity contribution < 1.29 is 0 Å². The number of hydrogen-bond acceptors (Lipinski definition) is 5. The van der Waals surface area contributed by atoms with Gasteiger partial charge in [-0.25, -0.2) is 0 Å². The lowest BCUT2D eigenvalue weighted by Crippen LogP contribution is -2.11. The van der Waals surface area contributed by atoms with Crippen LogP contribution in [0, 0.1) is 0 Å². The molecule has 0 saturated heterocycles. The van der Waals surface area contributed by atoms with Crippen LogP contribution in [0.15, 0.2) is 0 Å². The summed E-state index contributed by atoms with van der Waals surface area (Å²) >= 11 is 5.82. The molecule has 2 N–H and O–H groups in total. The highest BCUT2D eigenvalue weighted by Gasteiger charge is 2.22. The first-order valence-electron chi connectivity index (χ1n) is 5.70. The Bertz CT molecular complexity index is 353. The minimum absolute atomic E-state index is 0.233. The van der Waals surface area contributed by atoms with E-state index < -0.39 is 0 Å². The Kier molecular flexibility index (Phi) is 3.77. The largest absolute Gasteiger partial charge is 0.354 e. The number of nitrogens with zero attached hydrogens (tertiary/aromatic N) is 3. The quantitative estimate of drug-likeness (QED) is 0.749. The van der Waals surface area contributed by atoms with E-state index in [-0.39, 0.29) is 5.28 Å². The SMILES string of the molecule is CCCCNc1nc(Cl)nc(NC2CC2)n1. The van der Waals surface area contributed by atoms with Crippen molar-refractivity contribution in [2.75, 3.05) is 17.2 Å². The summed E-state index contributed by atoms with van der Waals surface area (Å²) in [6.45, 7) is 3.00. The summed E-state index contributed by atoms with van der Waals surface area (Å²) in [5.41, 5.74) is 0.